The van der Waals surface area contributed by atoms with Crippen LogP contribution in [0.5, 0.6) is 5.75 Å². The molecule has 30 heavy (non-hydrogen) atoms. The van der Waals surface area contributed by atoms with Gasteiger partial charge in [-0.1, -0.05) is 6.07 Å². The summed E-state index contributed by atoms with van der Waals surface area (Å²) in [5.41, 5.74) is 1.93. The summed E-state index contributed by atoms with van der Waals surface area (Å²) < 4.78 is 5.83. The van der Waals surface area contributed by atoms with Gasteiger partial charge in [-0.05, 0) is 68.0 Å². The largest absolute Gasteiger partial charge is 0.492 e. The predicted octanol–water partition coefficient (Wildman–Crippen LogP) is 3.32. The van der Waals surface area contributed by atoms with Gasteiger partial charge < -0.3 is 14.5 Å². The number of carbonyl (C=O) groups excluding carboxylic acids is 2. The van der Waals surface area contributed by atoms with E-state index in [0.717, 1.165) is 45.2 Å². The van der Waals surface area contributed by atoms with Crippen molar-refractivity contribution in [3.05, 3.63) is 59.9 Å². The Hall–Kier alpha value is -2.89. The molecule has 0 aliphatic carbocycles. The van der Waals surface area contributed by atoms with E-state index in [1.165, 1.54) is 5.56 Å². The van der Waals surface area contributed by atoms with Crippen LogP contribution in [0.2, 0.25) is 0 Å². The number of hydrogen-bond donors (Lipinski definition) is 0. The number of carbonyl (C=O) groups is 2. The van der Waals surface area contributed by atoms with E-state index in [2.05, 4.69) is 4.98 Å². The Labute approximate surface area is 177 Å². The van der Waals surface area contributed by atoms with Gasteiger partial charge in [0.25, 0.3) is 5.91 Å². The van der Waals surface area contributed by atoms with Gasteiger partial charge in [-0.15, -0.1) is 0 Å². The van der Waals surface area contributed by atoms with Crippen molar-refractivity contribution < 1.29 is 14.3 Å². The number of likely N-dealkylation sites (tertiary alicyclic amines) is 2. The third-order valence-electron chi connectivity index (χ3n) is 6.04. The molecule has 2 fully saturated rings. The van der Waals surface area contributed by atoms with Crippen molar-refractivity contribution in [2.75, 3.05) is 26.2 Å². The van der Waals surface area contributed by atoms with Crippen LogP contribution >= 0.6 is 0 Å². The van der Waals surface area contributed by atoms with Crippen LogP contribution in [0.3, 0.4) is 0 Å². The first kappa shape index (κ1) is 20.4. The summed E-state index contributed by atoms with van der Waals surface area (Å²) >= 11 is 0. The van der Waals surface area contributed by atoms with Crippen molar-refractivity contribution in [3.63, 3.8) is 0 Å². The van der Waals surface area contributed by atoms with E-state index < -0.39 is 0 Å². The number of aromatic nitrogens is 1. The average Bonchev–Trinajstić information content (AvgIpc) is 3.42. The Kier molecular flexibility index (Phi) is 6.62. The second kappa shape index (κ2) is 9.74. The summed E-state index contributed by atoms with van der Waals surface area (Å²) in [7, 11) is 0. The quantitative estimate of drug-likeness (QED) is 0.673. The average molecular weight is 408 g/mol. The van der Waals surface area contributed by atoms with E-state index >= 15 is 0 Å². The van der Waals surface area contributed by atoms with Gasteiger partial charge in [0.2, 0.25) is 5.91 Å². The van der Waals surface area contributed by atoms with E-state index in [1.807, 2.05) is 58.6 Å². The highest BCUT2D eigenvalue weighted by Crippen LogP contribution is 2.25. The fourth-order valence-electron chi connectivity index (χ4n) is 4.38. The number of hydrogen-bond acceptors (Lipinski definition) is 4. The molecule has 2 saturated heterocycles. The molecular formula is C24H29N3O3. The maximum Gasteiger partial charge on any atom is 0.254 e. The molecule has 6 heteroatoms. The zero-order valence-corrected chi connectivity index (χ0v) is 17.3. The van der Waals surface area contributed by atoms with E-state index in [9.17, 15) is 9.59 Å². The standard InChI is InChI=1S/C24H29N3O3/c28-23-7-3-14-26(23)16-17-30-22-6-1-4-20(18-22)24(29)27-15-2-5-21(27)9-8-19-10-12-25-13-11-19/h1,4,6,10-13,18,21H,2-3,5,7-9,14-17H2/t21-/m0/s1. The van der Waals surface area contributed by atoms with Crippen LogP contribution < -0.4 is 4.74 Å². The van der Waals surface area contributed by atoms with Gasteiger partial charge in [0.05, 0.1) is 6.54 Å². The minimum atomic E-state index is 0.0763. The number of aryl methyl sites for hydroxylation is 1. The van der Waals surface area contributed by atoms with E-state index in [0.29, 0.717) is 30.9 Å². The fraction of sp³-hybridized carbons (Fsp3) is 0.458. The number of rotatable bonds is 8. The molecule has 3 heterocycles. The first-order valence-corrected chi connectivity index (χ1v) is 10.9. The summed E-state index contributed by atoms with van der Waals surface area (Å²) in [6, 6.07) is 11.8. The molecule has 6 nitrogen and oxygen atoms in total. The van der Waals surface area contributed by atoms with Crippen molar-refractivity contribution >= 4 is 11.8 Å². The third-order valence-corrected chi connectivity index (χ3v) is 6.04. The maximum atomic E-state index is 13.2. The Morgan fingerprint density at radius 1 is 1.13 bits per heavy atom. The van der Waals surface area contributed by atoms with Crippen molar-refractivity contribution in [2.45, 2.75) is 44.6 Å². The van der Waals surface area contributed by atoms with E-state index in [4.69, 9.17) is 4.74 Å². The topological polar surface area (TPSA) is 62.7 Å². The van der Waals surface area contributed by atoms with Gasteiger partial charge in [-0.2, -0.15) is 0 Å². The normalized spacial score (nSPS) is 18.8. The predicted molar refractivity (Wildman–Crippen MR) is 114 cm³/mol. The Morgan fingerprint density at radius 3 is 2.80 bits per heavy atom. The van der Waals surface area contributed by atoms with Gasteiger partial charge in [0, 0.05) is 43.5 Å². The molecule has 2 aromatic rings. The highest BCUT2D eigenvalue weighted by molar-refractivity contribution is 5.95. The molecule has 1 aromatic carbocycles. The highest BCUT2D eigenvalue weighted by atomic mass is 16.5. The summed E-state index contributed by atoms with van der Waals surface area (Å²) in [6.45, 7) is 2.67. The number of ether oxygens (including phenoxy) is 1. The van der Waals surface area contributed by atoms with Crippen LogP contribution in [0.4, 0.5) is 0 Å². The lowest BCUT2D eigenvalue weighted by Gasteiger charge is -2.25. The molecule has 158 valence electrons. The SMILES string of the molecule is O=C1CCCN1CCOc1cccc(C(=O)N2CCC[C@H]2CCc2ccncc2)c1. The molecule has 1 aromatic heterocycles. The number of benzene rings is 1. The fourth-order valence-corrected chi connectivity index (χ4v) is 4.38. The minimum Gasteiger partial charge on any atom is -0.492 e. The van der Waals surface area contributed by atoms with Crippen LogP contribution in [-0.2, 0) is 11.2 Å². The number of pyridine rings is 1. The lowest BCUT2D eigenvalue weighted by Crippen LogP contribution is -2.35. The zero-order chi connectivity index (χ0) is 20.8. The monoisotopic (exact) mass is 407 g/mol. The smallest absolute Gasteiger partial charge is 0.254 e. The molecule has 2 amide bonds. The van der Waals surface area contributed by atoms with Crippen molar-refractivity contribution in [3.8, 4) is 5.75 Å². The molecular weight excluding hydrogens is 378 g/mol. The van der Waals surface area contributed by atoms with Gasteiger partial charge in [-0.3, -0.25) is 14.6 Å². The second-order valence-electron chi connectivity index (χ2n) is 8.05. The summed E-state index contributed by atoms with van der Waals surface area (Å²) in [5, 5.41) is 0. The van der Waals surface area contributed by atoms with Gasteiger partial charge in [0.1, 0.15) is 12.4 Å². The van der Waals surface area contributed by atoms with Gasteiger partial charge in [-0.25, -0.2) is 0 Å². The molecule has 0 saturated carbocycles. The molecule has 0 radical (unpaired) electrons. The van der Waals surface area contributed by atoms with Crippen LogP contribution in [-0.4, -0.2) is 58.9 Å². The summed E-state index contributed by atoms with van der Waals surface area (Å²) in [6.07, 6.45) is 9.23. The lowest BCUT2D eigenvalue weighted by atomic mass is 10.0. The number of amides is 2. The van der Waals surface area contributed by atoms with Crippen LogP contribution in [0.25, 0.3) is 0 Å². The van der Waals surface area contributed by atoms with Crippen molar-refractivity contribution in [2.24, 2.45) is 0 Å². The molecule has 0 unspecified atom stereocenters. The Morgan fingerprint density at radius 2 is 2.00 bits per heavy atom. The second-order valence-corrected chi connectivity index (χ2v) is 8.05. The summed E-state index contributed by atoms with van der Waals surface area (Å²) in [4.78, 5) is 32.8. The summed E-state index contributed by atoms with van der Waals surface area (Å²) in [5.74, 6) is 0.960. The lowest BCUT2D eigenvalue weighted by molar-refractivity contribution is -0.128. The molecule has 2 aliphatic heterocycles. The molecule has 4 rings (SSSR count). The molecule has 0 N–H and O–H groups in total. The van der Waals surface area contributed by atoms with Crippen molar-refractivity contribution in [1.82, 2.24) is 14.8 Å². The van der Waals surface area contributed by atoms with Gasteiger partial charge >= 0.3 is 0 Å². The Balaban J connectivity index is 1.32. The van der Waals surface area contributed by atoms with Crippen LogP contribution in [0.1, 0.15) is 48.0 Å². The third kappa shape index (κ3) is 4.99. The highest BCUT2D eigenvalue weighted by Gasteiger charge is 2.29. The number of nitrogens with zero attached hydrogens (tertiary/aromatic N) is 3. The van der Waals surface area contributed by atoms with Crippen molar-refractivity contribution in [1.29, 1.82) is 0 Å². The first-order valence-electron chi connectivity index (χ1n) is 10.9. The van der Waals surface area contributed by atoms with E-state index in [1.54, 1.807) is 0 Å². The molecule has 2 aliphatic rings. The van der Waals surface area contributed by atoms with E-state index in [-0.39, 0.29) is 17.9 Å². The molecule has 1 atom stereocenters. The Bertz CT molecular complexity index is 871. The molecule has 0 bridgehead atoms. The first-order chi connectivity index (χ1) is 14.7. The molecule has 0 spiro atoms. The van der Waals surface area contributed by atoms with Crippen LogP contribution in [0, 0.1) is 0 Å². The minimum absolute atomic E-state index is 0.0763. The van der Waals surface area contributed by atoms with Crippen LogP contribution in [0.15, 0.2) is 48.8 Å². The maximum absolute atomic E-state index is 13.2. The van der Waals surface area contributed by atoms with Gasteiger partial charge in [0.15, 0.2) is 0 Å². The zero-order valence-electron chi connectivity index (χ0n) is 17.3.